The van der Waals surface area contributed by atoms with Gasteiger partial charge in [-0.2, -0.15) is 0 Å². The lowest BCUT2D eigenvalue weighted by molar-refractivity contribution is 0.112. The second kappa shape index (κ2) is 3.21. The molecule has 0 atom stereocenters. The zero-order valence-electron chi connectivity index (χ0n) is 6.12. The Hall–Kier alpha value is -0.710. The van der Waals surface area contributed by atoms with Crippen LogP contribution in [0.15, 0.2) is 6.07 Å². The maximum Gasteiger partial charge on any atom is 0.225 e. The van der Waals surface area contributed by atoms with Gasteiger partial charge in [0, 0.05) is 5.39 Å². The second-order valence-corrected chi connectivity index (χ2v) is 4.03. The summed E-state index contributed by atoms with van der Waals surface area (Å²) in [4.78, 5) is 19.3. The molecule has 2 rings (SSSR count). The van der Waals surface area contributed by atoms with E-state index in [4.69, 9.17) is 23.2 Å². The van der Waals surface area contributed by atoms with Crippen molar-refractivity contribution in [3.05, 3.63) is 21.4 Å². The summed E-state index contributed by atoms with van der Waals surface area (Å²) in [6, 6.07) is 1.64. The molecule has 66 valence electrons. The van der Waals surface area contributed by atoms with Gasteiger partial charge in [-0.1, -0.05) is 11.6 Å². The number of aldehydes is 1. The van der Waals surface area contributed by atoms with E-state index in [-0.39, 0.29) is 10.4 Å². The quantitative estimate of drug-likeness (QED) is 0.432. The molecule has 0 aliphatic heterocycles. The number of aromatic nitrogens is 2. The van der Waals surface area contributed by atoms with Crippen LogP contribution in [-0.2, 0) is 0 Å². The van der Waals surface area contributed by atoms with E-state index in [1.165, 1.54) is 11.3 Å². The van der Waals surface area contributed by atoms with Crippen molar-refractivity contribution in [3.63, 3.8) is 0 Å². The monoisotopic (exact) mass is 232 g/mol. The first-order chi connectivity index (χ1) is 6.20. The molecule has 2 aromatic heterocycles. The average Bonchev–Trinajstić information content (AvgIpc) is 2.47. The number of hydrogen-bond donors (Lipinski definition) is 0. The van der Waals surface area contributed by atoms with E-state index in [1.807, 2.05) is 0 Å². The minimum atomic E-state index is 0.0943. The molecule has 3 nitrogen and oxygen atoms in total. The van der Waals surface area contributed by atoms with Crippen molar-refractivity contribution in [3.8, 4) is 0 Å². The maximum atomic E-state index is 10.5. The Morgan fingerprint density at radius 1 is 1.38 bits per heavy atom. The fourth-order valence-corrected chi connectivity index (χ4v) is 2.33. The first-order valence-corrected chi connectivity index (χ1v) is 4.85. The predicted octanol–water partition coefficient (Wildman–Crippen LogP) is 2.81. The van der Waals surface area contributed by atoms with E-state index >= 15 is 0 Å². The minimum Gasteiger partial charge on any atom is -0.297 e. The third-order valence-electron chi connectivity index (χ3n) is 1.45. The van der Waals surface area contributed by atoms with Crippen LogP contribution in [-0.4, -0.2) is 16.3 Å². The molecule has 0 saturated carbocycles. The lowest BCUT2D eigenvalue weighted by Crippen LogP contribution is -1.81. The highest BCUT2D eigenvalue weighted by Crippen LogP contribution is 2.28. The Labute approximate surface area is 87.3 Å². The standard InChI is InChI=1S/C7H2Cl2N2OS/c8-5-4-1-3(2-12)13-6(4)11-7(9)10-5/h1-2H. The van der Waals surface area contributed by atoms with E-state index in [1.54, 1.807) is 6.07 Å². The van der Waals surface area contributed by atoms with Gasteiger partial charge in [-0.25, -0.2) is 9.97 Å². The highest BCUT2D eigenvalue weighted by molar-refractivity contribution is 7.20. The molecule has 6 heteroatoms. The van der Waals surface area contributed by atoms with Crippen molar-refractivity contribution in [1.29, 1.82) is 0 Å². The molecule has 0 aliphatic carbocycles. The number of carbonyl (C=O) groups excluding carboxylic acids is 1. The lowest BCUT2D eigenvalue weighted by Gasteiger charge is -1.91. The Morgan fingerprint density at radius 3 is 2.85 bits per heavy atom. The van der Waals surface area contributed by atoms with Crippen molar-refractivity contribution < 1.29 is 4.79 Å². The van der Waals surface area contributed by atoms with E-state index < -0.39 is 0 Å². The summed E-state index contributed by atoms with van der Waals surface area (Å²) in [5, 5.41) is 1.04. The molecule has 0 bridgehead atoms. The van der Waals surface area contributed by atoms with Gasteiger partial charge in [0.15, 0.2) is 6.29 Å². The number of hydrogen-bond acceptors (Lipinski definition) is 4. The van der Waals surface area contributed by atoms with Crippen LogP contribution in [0.1, 0.15) is 9.67 Å². The molecule has 0 N–H and O–H groups in total. The SMILES string of the molecule is O=Cc1cc2c(Cl)nc(Cl)nc2s1. The molecule has 0 spiro atoms. The molecule has 0 fully saturated rings. The largest absolute Gasteiger partial charge is 0.297 e. The van der Waals surface area contributed by atoms with E-state index in [9.17, 15) is 4.79 Å². The second-order valence-electron chi connectivity index (χ2n) is 2.27. The summed E-state index contributed by atoms with van der Waals surface area (Å²) in [7, 11) is 0. The zero-order valence-corrected chi connectivity index (χ0v) is 8.45. The third-order valence-corrected chi connectivity index (χ3v) is 2.87. The number of rotatable bonds is 1. The fraction of sp³-hybridized carbons (Fsp3) is 0. The topological polar surface area (TPSA) is 42.9 Å². The van der Waals surface area contributed by atoms with Gasteiger partial charge >= 0.3 is 0 Å². The average molecular weight is 233 g/mol. The van der Waals surface area contributed by atoms with Crippen LogP contribution in [0.5, 0.6) is 0 Å². The van der Waals surface area contributed by atoms with Crippen LogP contribution in [0.3, 0.4) is 0 Å². The highest BCUT2D eigenvalue weighted by atomic mass is 35.5. The van der Waals surface area contributed by atoms with Gasteiger partial charge in [0.2, 0.25) is 5.28 Å². The summed E-state index contributed by atoms with van der Waals surface area (Å²) in [6.07, 6.45) is 0.747. The van der Waals surface area contributed by atoms with Gasteiger partial charge in [0.1, 0.15) is 9.98 Å². The van der Waals surface area contributed by atoms with Crippen molar-refractivity contribution in [2.24, 2.45) is 0 Å². The lowest BCUT2D eigenvalue weighted by atomic mass is 10.4. The van der Waals surface area contributed by atoms with Gasteiger partial charge in [-0.3, -0.25) is 4.79 Å². The normalized spacial score (nSPS) is 10.6. The fourth-order valence-electron chi connectivity index (χ4n) is 0.939. The Bertz CT molecular complexity index is 483. The summed E-state index contributed by atoms with van der Waals surface area (Å²) in [5.41, 5.74) is 0. The number of carbonyl (C=O) groups is 1. The number of halogens is 2. The summed E-state index contributed by atoms with van der Waals surface area (Å²) < 4.78 is 0. The number of nitrogens with zero attached hydrogens (tertiary/aromatic N) is 2. The van der Waals surface area contributed by atoms with Crippen LogP contribution in [0.4, 0.5) is 0 Å². The van der Waals surface area contributed by atoms with Gasteiger partial charge in [0.25, 0.3) is 0 Å². The van der Waals surface area contributed by atoms with E-state index in [0.29, 0.717) is 15.1 Å². The number of fused-ring (bicyclic) bond motifs is 1. The van der Waals surface area contributed by atoms with Crippen LogP contribution >= 0.6 is 34.5 Å². The first kappa shape index (κ1) is 8.87. The first-order valence-electron chi connectivity index (χ1n) is 3.28. The minimum absolute atomic E-state index is 0.0943. The molecule has 0 aliphatic rings. The molecular weight excluding hydrogens is 231 g/mol. The zero-order chi connectivity index (χ0) is 9.42. The summed E-state index contributed by atoms with van der Waals surface area (Å²) >= 11 is 12.6. The third kappa shape index (κ3) is 1.52. The summed E-state index contributed by atoms with van der Waals surface area (Å²) in [5.74, 6) is 0. The van der Waals surface area contributed by atoms with Gasteiger partial charge in [-0.15, -0.1) is 11.3 Å². The van der Waals surface area contributed by atoms with E-state index in [2.05, 4.69) is 9.97 Å². The summed E-state index contributed by atoms with van der Waals surface area (Å²) in [6.45, 7) is 0. The smallest absolute Gasteiger partial charge is 0.225 e. The van der Waals surface area contributed by atoms with Gasteiger partial charge in [-0.05, 0) is 17.7 Å². The predicted molar refractivity (Wildman–Crippen MR) is 52.8 cm³/mol. The molecule has 0 aromatic carbocycles. The molecule has 0 amide bonds. The van der Waals surface area contributed by atoms with Crippen LogP contribution < -0.4 is 0 Å². The molecule has 0 saturated heterocycles. The molecule has 2 heterocycles. The molecule has 0 radical (unpaired) electrons. The molecular formula is C7H2Cl2N2OS. The highest BCUT2D eigenvalue weighted by Gasteiger charge is 2.08. The van der Waals surface area contributed by atoms with Crippen molar-refractivity contribution in [1.82, 2.24) is 9.97 Å². The maximum absolute atomic E-state index is 10.5. The molecule has 2 aromatic rings. The number of thiophene rings is 1. The Kier molecular flexibility index (Phi) is 2.19. The van der Waals surface area contributed by atoms with E-state index in [0.717, 1.165) is 6.29 Å². The Balaban J connectivity index is 2.82. The van der Waals surface area contributed by atoms with Gasteiger partial charge in [0.05, 0.1) is 4.88 Å². The van der Waals surface area contributed by atoms with Crippen molar-refractivity contribution in [2.45, 2.75) is 0 Å². The molecule has 0 unspecified atom stereocenters. The van der Waals surface area contributed by atoms with Crippen LogP contribution in [0.2, 0.25) is 10.4 Å². The van der Waals surface area contributed by atoms with Crippen LogP contribution in [0.25, 0.3) is 10.2 Å². The Morgan fingerprint density at radius 2 is 2.15 bits per heavy atom. The molecule has 13 heavy (non-hydrogen) atoms. The van der Waals surface area contributed by atoms with Crippen LogP contribution in [0, 0.1) is 0 Å². The van der Waals surface area contributed by atoms with Gasteiger partial charge < -0.3 is 0 Å². The van der Waals surface area contributed by atoms with Crippen molar-refractivity contribution in [2.75, 3.05) is 0 Å². The van der Waals surface area contributed by atoms with Crippen molar-refractivity contribution >= 4 is 51.0 Å².